The highest BCUT2D eigenvalue weighted by atomic mass is 16.6. The second kappa shape index (κ2) is 6.48. The van der Waals surface area contributed by atoms with E-state index in [0.717, 1.165) is 19.3 Å². The lowest BCUT2D eigenvalue weighted by Gasteiger charge is -2.64. The van der Waals surface area contributed by atoms with Gasteiger partial charge in [0, 0.05) is 18.5 Å². The molecule has 0 N–H and O–H groups in total. The van der Waals surface area contributed by atoms with Crippen LogP contribution >= 0.6 is 0 Å². The molecule has 35 heavy (non-hydrogen) atoms. The van der Waals surface area contributed by atoms with Gasteiger partial charge in [0.1, 0.15) is 5.60 Å². The van der Waals surface area contributed by atoms with Crippen molar-refractivity contribution in [3.05, 3.63) is 0 Å². The van der Waals surface area contributed by atoms with Crippen molar-refractivity contribution in [3.8, 4) is 0 Å². The van der Waals surface area contributed by atoms with Crippen LogP contribution in [0.15, 0.2) is 0 Å². The number of Topliss-reactive ketones (excluding diaryl/α,β-unsaturated/α-hetero) is 1. The summed E-state index contributed by atoms with van der Waals surface area (Å²) in [6.45, 7) is 17.4. The average Bonchev–Trinajstić information content (AvgIpc) is 3.59. The number of epoxide rings is 1. The first-order valence-electron chi connectivity index (χ1n) is 14.2. The van der Waals surface area contributed by atoms with Crippen molar-refractivity contribution < 1.29 is 19.1 Å². The monoisotopic (exact) mass is 485 g/mol. The van der Waals surface area contributed by atoms with Crippen LogP contribution in [0.5, 0.6) is 0 Å². The fourth-order valence-corrected chi connectivity index (χ4v) is 11.6. The van der Waals surface area contributed by atoms with E-state index in [-0.39, 0.29) is 40.3 Å². The Labute approximate surface area is 212 Å². The molecule has 5 saturated carbocycles. The van der Waals surface area contributed by atoms with E-state index >= 15 is 0 Å². The molecule has 0 radical (unpaired) electrons. The molecule has 6 fully saturated rings. The molecule has 6 aliphatic rings. The SMILES string of the molecule is CC(=O)C12OC1C[C@@]1(C)C3CC[C@H]4C(C)(C)[C@@H](N(C)C(=O)OC(C)(C)C)CC[C@@]45C[C@@]35CC[C@]21C. The second-order valence-electron chi connectivity index (χ2n) is 15.5. The zero-order valence-corrected chi connectivity index (χ0v) is 23.5. The summed E-state index contributed by atoms with van der Waals surface area (Å²) in [6, 6.07) is 0.208. The van der Waals surface area contributed by atoms with E-state index in [0.29, 0.717) is 22.7 Å². The Morgan fingerprint density at radius 3 is 2.20 bits per heavy atom. The molecule has 9 atom stereocenters. The van der Waals surface area contributed by atoms with Crippen LogP contribution < -0.4 is 0 Å². The zero-order valence-electron chi connectivity index (χ0n) is 23.5. The molecule has 5 aliphatic carbocycles. The fourth-order valence-electron chi connectivity index (χ4n) is 11.6. The minimum absolute atomic E-state index is 0.0350. The standard InChI is InChI=1S/C30H47NO4/c1-18(32)30-22(34-30)16-26(7)20-11-10-19-25(5,6)21(31(9)23(33)35-24(2,3)4)12-13-28(19)17-29(20,28)15-14-27(26,30)8/h19-22H,10-17H2,1-9H3/t19-,20?,21-,22?,26-,27-,28+,29-,30?/m0/s1. The summed E-state index contributed by atoms with van der Waals surface area (Å²) in [6.07, 6.45) is 9.51. The van der Waals surface area contributed by atoms with Gasteiger partial charge in [-0.2, -0.15) is 0 Å². The Balaban J connectivity index is 1.29. The summed E-state index contributed by atoms with van der Waals surface area (Å²) in [4.78, 5) is 27.8. The summed E-state index contributed by atoms with van der Waals surface area (Å²) in [5.74, 6) is 1.58. The fraction of sp³-hybridized carbons (Fsp3) is 0.933. The number of amides is 1. The van der Waals surface area contributed by atoms with Crippen LogP contribution in [0.25, 0.3) is 0 Å². The summed E-state index contributed by atoms with van der Waals surface area (Å²) in [5.41, 5.74) is 0.0566. The largest absolute Gasteiger partial charge is 0.444 e. The maximum absolute atomic E-state index is 13.0. The van der Waals surface area contributed by atoms with Gasteiger partial charge in [-0.25, -0.2) is 4.79 Å². The van der Waals surface area contributed by atoms with Crippen LogP contribution in [0, 0.1) is 38.9 Å². The number of fused-ring (bicyclic) bond motifs is 4. The van der Waals surface area contributed by atoms with Crippen molar-refractivity contribution in [1.82, 2.24) is 4.90 Å². The van der Waals surface area contributed by atoms with Gasteiger partial charge in [-0.3, -0.25) is 4.79 Å². The molecular weight excluding hydrogens is 438 g/mol. The van der Waals surface area contributed by atoms with Gasteiger partial charge >= 0.3 is 6.09 Å². The van der Waals surface area contributed by atoms with Crippen molar-refractivity contribution in [1.29, 1.82) is 0 Å². The Morgan fingerprint density at radius 1 is 0.943 bits per heavy atom. The van der Waals surface area contributed by atoms with Crippen molar-refractivity contribution in [2.45, 2.75) is 130 Å². The number of nitrogens with zero attached hydrogens (tertiary/aromatic N) is 1. The van der Waals surface area contributed by atoms with Crippen LogP contribution in [0.2, 0.25) is 0 Å². The lowest BCUT2D eigenvalue weighted by atomic mass is 9.41. The second-order valence-corrected chi connectivity index (χ2v) is 15.5. The van der Waals surface area contributed by atoms with Gasteiger partial charge in [-0.15, -0.1) is 0 Å². The Kier molecular flexibility index (Phi) is 4.49. The average molecular weight is 486 g/mol. The zero-order chi connectivity index (χ0) is 25.6. The molecule has 5 nitrogen and oxygen atoms in total. The third kappa shape index (κ3) is 2.55. The summed E-state index contributed by atoms with van der Waals surface area (Å²) in [7, 11) is 1.95. The molecule has 3 unspecified atom stereocenters. The van der Waals surface area contributed by atoms with Gasteiger partial charge in [-0.05, 0) is 113 Å². The van der Waals surface area contributed by atoms with Crippen LogP contribution in [0.3, 0.4) is 0 Å². The van der Waals surface area contributed by atoms with Gasteiger partial charge < -0.3 is 14.4 Å². The van der Waals surface area contributed by atoms with Crippen LogP contribution in [-0.2, 0) is 14.3 Å². The number of hydrogen-bond acceptors (Lipinski definition) is 4. The first-order valence-corrected chi connectivity index (χ1v) is 14.2. The van der Waals surface area contributed by atoms with Gasteiger partial charge in [-0.1, -0.05) is 27.7 Å². The highest BCUT2D eigenvalue weighted by Crippen LogP contribution is 2.90. The van der Waals surface area contributed by atoms with E-state index in [2.05, 4.69) is 27.7 Å². The number of carbonyl (C=O) groups is 2. The van der Waals surface area contributed by atoms with Gasteiger partial charge in [0.15, 0.2) is 11.4 Å². The highest BCUT2D eigenvalue weighted by molar-refractivity contribution is 5.90. The number of ether oxygens (including phenoxy) is 2. The van der Waals surface area contributed by atoms with Crippen molar-refractivity contribution in [3.63, 3.8) is 0 Å². The van der Waals surface area contributed by atoms with E-state index in [9.17, 15) is 9.59 Å². The number of hydrogen-bond donors (Lipinski definition) is 0. The molecule has 5 heteroatoms. The van der Waals surface area contributed by atoms with Crippen molar-refractivity contribution in [2.75, 3.05) is 7.05 Å². The summed E-state index contributed by atoms with van der Waals surface area (Å²) in [5, 5.41) is 0. The Morgan fingerprint density at radius 2 is 1.57 bits per heavy atom. The minimum Gasteiger partial charge on any atom is -0.444 e. The van der Waals surface area contributed by atoms with E-state index in [1.807, 2.05) is 32.7 Å². The maximum atomic E-state index is 13.0. The molecule has 1 aliphatic heterocycles. The smallest absolute Gasteiger partial charge is 0.410 e. The molecule has 196 valence electrons. The number of rotatable bonds is 2. The lowest BCUT2D eigenvalue weighted by Crippen LogP contribution is -2.61. The van der Waals surface area contributed by atoms with Crippen molar-refractivity contribution >= 4 is 11.9 Å². The van der Waals surface area contributed by atoms with Gasteiger partial charge in [0.05, 0.1) is 6.10 Å². The quantitative estimate of drug-likeness (QED) is 0.426. The predicted octanol–water partition coefficient (Wildman–Crippen LogP) is 6.38. The summed E-state index contributed by atoms with van der Waals surface area (Å²) >= 11 is 0. The molecule has 1 amide bonds. The Hall–Kier alpha value is -1.10. The van der Waals surface area contributed by atoms with Crippen LogP contribution in [0.4, 0.5) is 4.79 Å². The van der Waals surface area contributed by atoms with Crippen LogP contribution in [-0.4, -0.2) is 47.2 Å². The summed E-state index contributed by atoms with van der Waals surface area (Å²) < 4.78 is 12.0. The lowest BCUT2D eigenvalue weighted by molar-refractivity contribution is -0.174. The third-order valence-electron chi connectivity index (χ3n) is 13.1. The van der Waals surface area contributed by atoms with E-state index in [4.69, 9.17) is 9.47 Å². The van der Waals surface area contributed by atoms with Gasteiger partial charge in [0.2, 0.25) is 0 Å². The first-order chi connectivity index (χ1) is 16.0. The van der Waals surface area contributed by atoms with E-state index in [1.165, 1.54) is 32.1 Å². The Bertz CT molecular complexity index is 999. The highest BCUT2D eigenvalue weighted by Gasteiger charge is 2.88. The first kappa shape index (κ1) is 24.2. The molecule has 1 saturated heterocycles. The third-order valence-corrected chi connectivity index (χ3v) is 13.1. The van der Waals surface area contributed by atoms with Crippen molar-refractivity contribution in [2.24, 2.45) is 38.9 Å². The molecule has 6 rings (SSSR count). The van der Waals surface area contributed by atoms with E-state index in [1.54, 1.807) is 6.92 Å². The van der Waals surface area contributed by atoms with Gasteiger partial charge in [0.25, 0.3) is 0 Å². The maximum Gasteiger partial charge on any atom is 0.410 e. The topological polar surface area (TPSA) is 59.1 Å². The minimum atomic E-state index is -0.505. The normalized spacial score (nSPS) is 52.7. The molecule has 2 spiro atoms. The van der Waals surface area contributed by atoms with Crippen LogP contribution in [0.1, 0.15) is 107 Å². The molecule has 1 heterocycles. The number of ketones is 1. The number of carbonyl (C=O) groups excluding carboxylic acids is 2. The molecule has 0 aromatic rings. The molecular formula is C30H47NO4. The molecule has 0 aromatic carbocycles. The molecule has 0 aromatic heterocycles. The van der Waals surface area contributed by atoms with E-state index < -0.39 is 11.2 Å². The predicted molar refractivity (Wildman–Crippen MR) is 135 cm³/mol. The molecule has 0 bridgehead atoms.